The minimum Gasteiger partial charge on any atom is -0.508 e. The highest BCUT2D eigenvalue weighted by molar-refractivity contribution is 5.97. The molecule has 2 aromatic rings. The van der Waals surface area contributed by atoms with Crippen LogP contribution in [0.1, 0.15) is 53.2 Å². The number of hydrogen-bond acceptors (Lipinski definition) is 5. The topological polar surface area (TPSA) is 96.0 Å². The molecule has 2 aromatic carbocycles. The molecule has 0 radical (unpaired) electrons. The average molecular weight is 407 g/mol. The van der Waals surface area contributed by atoms with Crippen LogP contribution in [0, 0.1) is 0 Å². The fourth-order valence-corrected chi connectivity index (χ4v) is 3.28. The fourth-order valence-electron chi connectivity index (χ4n) is 3.28. The maximum atomic E-state index is 13.0. The third-order valence-electron chi connectivity index (χ3n) is 4.80. The maximum Gasteiger partial charge on any atom is 0.258 e. The summed E-state index contributed by atoms with van der Waals surface area (Å²) in [4.78, 5) is 14.6. The normalized spacial score (nSPS) is 12.6. The number of phenols is 2. The van der Waals surface area contributed by atoms with Crippen LogP contribution in [0.4, 0.5) is 0 Å². The van der Waals surface area contributed by atoms with Crippen molar-refractivity contribution in [2.45, 2.75) is 39.3 Å². The molecular formula is C21H27ClN2O4. The largest absolute Gasteiger partial charge is 0.508 e. The van der Waals surface area contributed by atoms with Crippen molar-refractivity contribution < 1.29 is 19.7 Å². The van der Waals surface area contributed by atoms with Gasteiger partial charge in [0.1, 0.15) is 17.2 Å². The standard InChI is InChI=1S/C21H26N2O4.ClH/c1-13(2)17-9-18(20(25)10-19(17)24)21(26)23-11-14-4-5-16(8-15(14)12-23)27-7-3-6-22;/h4-5,8-10,13,24-25H,3,6-7,11-12,22H2,1-2H3;1H. The van der Waals surface area contributed by atoms with Crippen molar-refractivity contribution in [1.82, 2.24) is 4.90 Å². The van der Waals surface area contributed by atoms with Gasteiger partial charge in [-0.2, -0.15) is 0 Å². The van der Waals surface area contributed by atoms with E-state index < -0.39 is 0 Å². The Labute approximate surface area is 171 Å². The summed E-state index contributed by atoms with van der Waals surface area (Å²) in [7, 11) is 0. The number of aromatic hydroxyl groups is 2. The number of ether oxygens (including phenoxy) is 1. The summed E-state index contributed by atoms with van der Waals surface area (Å²) in [6.45, 7) is 5.95. The summed E-state index contributed by atoms with van der Waals surface area (Å²) in [5.74, 6) is 0.357. The van der Waals surface area contributed by atoms with Gasteiger partial charge in [0, 0.05) is 19.2 Å². The molecule has 1 aliphatic heterocycles. The van der Waals surface area contributed by atoms with Gasteiger partial charge in [-0.15, -0.1) is 12.4 Å². The molecule has 0 atom stereocenters. The number of benzene rings is 2. The van der Waals surface area contributed by atoms with Gasteiger partial charge in [0.25, 0.3) is 5.91 Å². The van der Waals surface area contributed by atoms with Gasteiger partial charge in [-0.05, 0) is 53.8 Å². The van der Waals surface area contributed by atoms with E-state index in [1.807, 2.05) is 32.0 Å². The fraction of sp³-hybridized carbons (Fsp3) is 0.381. The summed E-state index contributed by atoms with van der Waals surface area (Å²) >= 11 is 0. The summed E-state index contributed by atoms with van der Waals surface area (Å²) in [5.41, 5.74) is 8.44. The van der Waals surface area contributed by atoms with Gasteiger partial charge in [0.2, 0.25) is 0 Å². The first-order valence-electron chi connectivity index (χ1n) is 9.20. The average Bonchev–Trinajstić information content (AvgIpc) is 3.04. The lowest BCUT2D eigenvalue weighted by Gasteiger charge is -2.18. The quantitative estimate of drug-likeness (QED) is 0.638. The SMILES string of the molecule is CC(C)c1cc(C(=O)N2Cc3ccc(OCCCN)cc3C2)c(O)cc1O.Cl. The molecule has 0 aromatic heterocycles. The number of hydrogen-bond donors (Lipinski definition) is 3. The molecule has 1 heterocycles. The van der Waals surface area contributed by atoms with E-state index in [1.54, 1.807) is 11.0 Å². The molecule has 1 aliphatic rings. The lowest BCUT2D eigenvalue weighted by molar-refractivity contribution is 0.0748. The minimum atomic E-state index is -0.254. The van der Waals surface area contributed by atoms with Crippen molar-refractivity contribution >= 4 is 18.3 Å². The number of carbonyl (C=O) groups is 1. The monoisotopic (exact) mass is 406 g/mol. The Hall–Kier alpha value is -2.44. The van der Waals surface area contributed by atoms with E-state index in [0.29, 0.717) is 31.8 Å². The Morgan fingerprint density at radius 3 is 2.54 bits per heavy atom. The van der Waals surface area contributed by atoms with Crippen molar-refractivity contribution in [1.29, 1.82) is 0 Å². The Morgan fingerprint density at radius 2 is 1.86 bits per heavy atom. The van der Waals surface area contributed by atoms with Crippen LogP contribution < -0.4 is 10.5 Å². The van der Waals surface area contributed by atoms with Crippen molar-refractivity contribution in [3.05, 3.63) is 52.6 Å². The van der Waals surface area contributed by atoms with E-state index in [9.17, 15) is 15.0 Å². The number of carbonyl (C=O) groups excluding carboxylic acids is 1. The molecule has 4 N–H and O–H groups in total. The van der Waals surface area contributed by atoms with Crippen molar-refractivity contribution in [2.75, 3.05) is 13.2 Å². The van der Waals surface area contributed by atoms with Gasteiger partial charge in [0.15, 0.2) is 0 Å². The van der Waals surface area contributed by atoms with Gasteiger partial charge >= 0.3 is 0 Å². The predicted octanol–water partition coefficient (Wildman–Crippen LogP) is 3.53. The number of halogens is 1. The zero-order valence-electron chi connectivity index (χ0n) is 16.1. The van der Waals surface area contributed by atoms with Crippen LogP contribution in [0.2, 0.25) is 0 Å². The highest BCUT2D eigenvalue weighted by Crippen LogP contribution is 2.35. The number of phenolic OH excluding ortho intramolecular Hbond substituents is 2. The zero-order chi connectivity index (χ0) is 19.6. The predicted molar refractivity (Wildman–Crippen MR) is 110 cm³/mol. The lowest BCUT2D eigenvalue weighted by Crippen LogP contribution is -2.25. The van der Waals surface area contributed by atoms with Gasteiger partial charge in [-0.1, -0.05) is 19.9 Å². The summed E-state index contributed by atoms with van der Waals surface area (Å²) in [6, 6.07) is 8.65. The first-order chi connectivity index (χ1) is 12.9. The molecule has 6 nitrogen and oxygen atoms in total. The number of fused-ring (bicyclic) bond motifs is 1. The Kier molecular flexibility index (Phi) is 7.16. The molecule has 0 saturated carbocycles. The van der Waals surface area contributed by atoms with E-state index in [1.165, 1.54) is 6.07 Å². The molecule has 1 amide bonds. The lowest BCUT2D eigenvalue weighted by atomic mass is 9.98. The first kappa shape index (κ1) is 21.9. The van der Waals surface area contributed by atoms with Crippen molar-refractivity contribution in [3.63, 3.8) is 0 Å². The number of amides is 1. The Bertz CT molecular complexity index is 855. The molecule has 7 heteroatoms. The highest BCUT2D eigenvalue weighted by Gasteiger charge is 2.27. The minimum absolute atomic E-state index is 0. The maximum absolute atomic E-state index is 13.0. The smallest absolute Gasteiger partial charge is 0.258 e. The van der Waals surface area contributed by atoms with Gasteiger partial charge in [0.05, 0.1) is 12.2 Å². The second kappa shape index (κ2) is 9.17. The van der Waals surface area contributed by atoms with Crippen LogP contribution in [-0.2, 0) is 13.1 Å². The zero-order valence-corrected chi connectivity index (χ0v) is 17.0. The molecule has 0 aliphatic carbocycles. The third kappa shape index (κ3) is 4.51. The molecule has 0 unspecified atom stereocenters. The van der Waals surface area contributed by atoms with Crippen LogP contribution in [0.15, 0.2) is 30.3 Å². The molecule has 3 rings (SSSR count). The van der Waals surface area contributed by atoms with Crippen LogP contribution in [0.25, 0.3) is 0 Å². The van der Waals surface area contributed by atoms with E-state index in [0.717, 1.165) is 23.3 Å². The van der Waals surface area contributed by atoms with Crippen LogP contribution in [-0.4, -0.2) is 34.2 Å². The summed E-state index contributed by atoms with van der Waals surface area (Å²) in [6.07, 6.45) is 0.792. The van der Waals surface area contributed by atoms with Crippen LogP contribution in [0.5, 0.6) is 17.2 Å². The highest BCUT2D eigenvalue weighted by atomic mass is 35.5. The van der Waals surface area contributed by atoms with Gasteiger partial charge in [-0.3, -0.25) is 4.79 Å². The Morgan fingerprint density at radius 1 is 1.14 bits per heavy atom. The Balaban J connectivity index is 0.00000280. The summed E-state index contributed by atoms with van der Waals surface area (Å²) < 4.78 is 5.68. The second-order valence-corrected chi connectivity index (χ2v) is 7.17. The van der Waals surface area contributed by atoms with Crippen LogP contribution >= 0.6 is 12.4 Å². The van der Waals surface area contributed by atoms with Crippen molar-refractivity contribution in [3.8, 4) is 17.2 Å². The molecule has 28 heavy (non-hydrogen) atoms. The van der Waals surface area contributed by atoms with E-state index in [4.69, 9.17) is 10.5 Å². The molecule has 0 spiro atoms. The van der Waals surface area contributed by atoms with Crippen molar-refractivity contribution in [2.24, 2.45) is 5.73 Å². The molecule has 0 fully saturated rings. The van der Waals surface area contributed by atoms with Gasteiger partial charge < -0.3 is 25.6 Å². The van der Waals surface area contributed by atoms with E-state index in [-0.39, 0.29) is 41.3 Å². The second-order valence-electron chi connectivity index (χ2n) is 7.17. The van der Waals surface area contributed by atoms with Crippen LogP contribution in [0.3, 0.4) is 0 Å². The molecule has 0 bridgehead atoms. The molecular weight excluding hydrogens is 380 g/mol. The number of nitrogens with two attached hydrogens (primary N) is 1. The molecule has 152 valence electrons. The number of nitrogens with zero attached hydrogens (tertiary/aromatic N) is 1. The van der Waals surface area contributed by atoms with E-state index in [2.05, 4.69) is 0 Å². The van der Waals surface area contributed by atoms with Gasteiger partial charge in [-0.25, -0.2) is 0 Å². The number of rotatable bonds is 6. The third-order valence-corrected chi connectivity index (χ3v) is 4.80. The van der Waals surface area contributed by atoms with E-state index >= 15 is 0 Å². The molecule has 0 saturated heterocycles. The first-order valence-corrected chi connectivity index (χ1v) is 9.20. The summed E-state index contributed by atoms with van der Waals surface area (Å²) in [5, 5.41) is 20.2.